The van der Waals surface area contributed by atoms with Crippen LogP contribution in [0.5, 0.6) is 0 Å². The number of aromatic nitrogens is 1. The Labute approximate surface area is 105 Å². The van der Waals surface area contributed by atoms with Crippen molar-refractivity contribution >= 4 is 16.7 Å². The van der Waals surface area contributed by atoms with Crippen LogP contribution in [0, 0.1) is 0 Å². The summed E-state index contributed by atoms with van der Waals surface area (Å²) >= 11 is 0. The third kappa shape index (κ3) is 2.38. The van der Waals surface area contributed by atoms with Crippen LogP contribution in [0.4, 0.5) is 0 Å². The molecule has 0 radical (unpaired) electrons. The summed E-state index contributed by atoms with van der Waals surface area (Å²) in [7, 11) is 0. The monoisotopic (exact) mass is 242 g/mol. The number of pyridine rings is 1. The van der Waals surface area contributed by atoms with Crippen molar-refractivity contribution in [3.8, 4) is 0 Å². The number of carbonyl (C=O) groups is 1. The number of carboxylic acid groups (broad SMARTS) is 1. The zero-order valence-electron chi connectivity index (χ0n) is 9.84. The van der Waals surface area contributed by atoms with Gasteiger partial charge >= 0.3 is 5.97 Å². The van der Waals surface area contributed by atoms with E-state index in [-0.39, 0.29) is 0 Å². The fourth-order valence-electron chi connectivity index (χ4n) is 1.90. The quantitative estimate of drug-likeness (QED) is 0.788. The van der Waals surface area contributed by atoms with Crippen LogP contribution in [0.25, 0.3) is 10.8 Å². The summed E-state index contributed by atoms with van der Waals surface area (Å²) in [6, 6.07) is 6.83. The maximum absolute atomic E-state index is 11.3. The highest BCUT2D eigenvalue weighted by Crippen LogP contribution is 2.23. The van der Waals surface area contributed by atoms with Crippen LogP contribution in [-0.4, -0.2) is 22.6 Å². The SMILES string of the molecule is C=CCNC(C(=O)O)c1cncc2ccccc12. The van der Waals surface area contributed by atoms with Crippen molar-refractivity contribution < 1.29 is 9.90 Å². The number of benzene rings is 1. The molecule has 1 aromatic heterocycles. The maximum atomic E-state index is 11.3. The molecule has 2 rings (SSSR count). The largest absolute Gasteiger partial charge is 0.480 e. The Hall–Kier alpha value is -2.20. The predicted octanol–water partition coefficient (Wildman–Crippen LogP) is 2.14. The van der Waals surface area contributed by atoms with Crippen molar-refractivity contribution in [2.45, 2.75) is 6.04 Å². The Balaban J connectivity index is 2.49. The van der Waals surface area contributed by atoms with E-state index in [1.165, 1.54) is 0 Å². The van der Waals surface area contributed by atoms with Crippen LogP contribution in [0.1, 0.15) is 11.6 Å². The van der Waals surface area contributed by atoms with Crippen molar-refractivity contribution in [3.63, 3.8) is 0 Å². The lowest BCUT2D eigenvalue weighted by Crippen LogP contribution is -2.28. The van der Waals surface area contributed by atoms with Crippen molar-refractivity contribution in [1.29, 1.82) is 0 Å². The standard InChI is InChI=1S/C14H14N2O2/c1-2-7-16-13(14(17)18)12-9-15-8-10-5-3-4-6-11(10)12/h2-6,8-9,13,16H,1,7H2,(H,17,18). The van der Waals surface area contributed by atoms with Gasteiger partial charge < -0.3 is 5.11 Å². The van der Waals surface area contributed by atoms with E-state index in [1.807, 2.05) is 24.3 Å². The van der Waals surface area contributed by atoms with Crippen molar-refractivity contribution in [3.05, 3.63) is 54.9 Å². The minimum atomic E-state index is -0.921. The molecule has 1 unspecified atom stereocenters. The first-order chi connectivity index (χ1) is 8.74. The van der Waals surface area contributed by atoms with E-state index >= 15 is 0 Å². The van der Waals surface area contributed by atoms with Gasteiger partial charge in [-0.15, -0.1) is 6.58 Å². The smallest absolute Gasteiger partial charge is 0.325 e. The van der Waals surface area contributed by atoms with Crippen LogP contribution in [0.2, 0.25) is 0 Å². The number of aliphatic carboxylic acids is 1. The second-order valence-electron chi connectivity index (χ2n) is 3.92. The zero-order chi connectivity index (χ0) is 13.0. The molecule has 0 bridgehead atoms. The molecule has 2 aromatic rings. The van der Waals surface area contributed by atoms with E-state index in [9.17, 15) is 9.90 Å². The molecule has 0 amide bonds. The topological polar surface area (TPSA) is 62.2 Å². The van der Waals surface area contributed by atoms with E-state index in [0.29, 0.717) is 12.1 Å². The Kier molecular flexibility index (Phi) is 3.69. The van der Waals surface area contributed by atoms with E-state index in [0.717, 1.165) is 10.8 Å². The van der Waals surface area contributed by atoms with Gasteiger partial charge in [0.05, 0.1) is 0 Å². The highest BCUT2D eigenvalue weighted by molar-refractivity contribution is 5.89. The first-order valence-corrected chi connectivity index (χ1v) is 5.63. The second kappa shape index (κ2) is 5.42. The van der Waals surface area contributed by atoms with E-state index in [4.69, 9.17) is 0 Å². The number of hydrogen-bond donors (Lipinski definition) is 2. The van der Waals surface area contributed by atoms with Crippen LogP contribution in [0.3, 0.4) is 0 Å². The minimum Gasteiger partial charge on any atom is -0.480 e. The average Bonchev–Trinajstić information content (AvgIpc) is 2.39. The molecule has 0 saturated carbocycles. The highest BCUT2D eigenvalue weighted by atomic mass is 16.4. The molecule has 0 aliphatic heterocycles. The fraction of sp³-hybridized carbons (Fsp3) is 0.143. The molecule has 1 aromatic carbocycles. The lowest BCUT2D eigenvalue weighted by molar-refractivity contribution is -0.139. The molecule has 92 valence electrons. The van der Waals surface area contributed by atoms with Gasteiger partial charge in [-0.2, -0.15) is 0 Å². The zero-order valence-corrected chi connectivity index (χ0v) is 9.84. The van der Waals surface area contributed by atoms with Gasteiger partial charge in [0.1, 0.15) is 6.04 Å². The number of nitrogens with zero attached hydrogens (tertiary/aromatic N) is 1. The Morgan fingerprint density at radius 2 is 2.22 bits per heavy atom. The third-order valence-electron chi connectivity index (χ3n) is 2.72. The molecule has 2 N–H and O–H groups in total. The molecule has 0 fully saturated rings. The molecule has 1 heterocycles. The van der Waals surface area contributed by atoms with Crippen molar-refractivity contribution in [2.24, 2.45) is 0 Å². The first-order valence-electron chi connectivity index (χ1n) is 5.63. The lowest BCUT2D eigenvalue weighted by atomic mass is 10.0. The molecular weight excluding hydrogens is 228 g/mol. The number of fused-ring (bicyclic) bond motifs is 1. The van der Waals surface area contributed by atoms with Gasteiger partial charge in [-0.1, -0.05) is 30.3 Å². The summed E-state index contributed by atoms with van der Waals surface area (Å²) in [6.45, 7) is 4.01. The van der Waals surface area contributed by atoms with Crippen LogP contribution >= 0.6 is 0 Å². The van der Waals surface area contributed by atoms with Gasteiger partial charge in [-0.3, -0.25) is 15.1 Å². The Bertz CT molecular complexity index is 576. The average molecular weight is 242 g/mol. The van der Waals surface area contributed by atoms with Gasteiger partial charge in [0.15, 0.2) is 0 Å². The first kappa shape index (κ1) is 12.3. The Morgan fingerprint density at radius 1 is 1.44 bits per heavy atom. The summed E-state index contributed by atoms with van der Waals surface area (Å²) in [5.41, 5.74) is 0.669. The number of carboxylic acids is 1. The molecule has 4 heteroatoms. The van der Waals surface area contributed by atoms with E-state index < -0.39 is 12.0 Å². The summed E-state index contributed by atoms with van der Waals surface area (Å²) in [5, 5.41) is 14.0. The van der Waals surface area contributed by atoms with Gasteiger partial charge in [0, 0.05) is 29.9 Å². The molecular formula is C14H14N2O2. The van der Waals surface area contributed by atoms with Gasteiger partial charge in [0.2, 0.25) is 0 Å². The maximum Gasteiger partial charge on any atom is 0.325 e. The molecule has 0 spiro atoms. The molecule has 18 heavy (non-hydrogen) atoms. The molecule has 0 saturated heterocycles. The fourth-order valence-corrected chi connectivity index (χ4v) is 1.90. The van der Waals surface area contributed by atoms with Gasteiger partial charge in [-0.25, -0.2) is 0 Å². The minimum absolute atomic E-state index is 0.431. The summed E-state index contributed by atoms with van der Waals surface area (Å²) in [5.74, 6) is -0.921. The van der Waals surface area contributed by atoms with Crippen molar-refractivity contribution in [2.75, 3.05) is 6.54 Å². The van der Waals surface area contributed by atoms with Gasteiger partial charge in [0.25, 0.3) is 0 Å². The summed E-state index contributed by atoms with van der Waals surface area (Å²) in [4.78, 5) is 15.4. The molecule has 0 aliphatic rings. The lowest BCUT2D eigenvalue weighted by Gasteiger charge is -2.15. The third-order valence-corrected chi connectivity index (χ3v) is 2.72. The number of rotatable bonds is 5. The molecule has 1 atom stereocenters. The normalized spacial score (nSPS) is 12.2. The second-order valence-corrected chi connectivity index (χ2v) is 3.92. The molecule has 4 nitrogen and oxygen atoms in total. The van der Waals surface area contributed by atoms with Crippen LogP contribution < -0.4 is 5.32 Å². The van der Waals surface area contributed by atoms with E-state index in [1.54, 1.807) is 18.5 Å². The highest BCUT2D eigenvalue weighted by Gasteiger charge is 2.20. The summed E-state index contributed by atoms with van der Waals surface area (Å²) in [6.07, 6.45) is 4.96. The van der Waals surface area contributed by atoms with Crippen LogP contribution in [0.15, 0.2) is 49.3 Å². The predicted molar refractivity (Wildman–Crippen MR) is 70.3 cm³/mol. The van der Waals surface area contributed by atoms with Gasteiger partial charge in [-0.05, 0) is 5.39 Å². The Morgan fingerprint density at radius 3 is 2.94 bits per heavy atom. The number of nitrogens with one attached hydrogen (secondary N) is 1. The van der Waals surface area contributed by atoms with E-state index in [2.05, 4.69) is 16.9 Å². The summed E-state index contributed by atoms with van der Waals surface area (Å²) < 4.78 is 0. The molecule has 0 aliphatic carbocycles. The van der Waals surface area contributed by atoms with Crippen molar-refractivity contribution in [1.82, 2.24) is 10.3 Å². The number of hydrogen-bond acceptors (Lipinski definition) is 3. The van der Waals surface area contributed by atoms with Crippen LogP contribution in [-0.2, 0) is 4.79 Å².